The van der Waals surface area contributed by atoms with Crippen molar-refractivity contribution >= 4 is 50.7 Å². The maximum absolute atomic E-state index is 13.8. The highest BCUT2D eigenvalue weighted by molar-refractivity contribution is 7.92. The SMILES string of the molecule is CCC(C(=O)NCC(C)C)N(Cc1ccc(Cl)cc1Cl)C(=O)CN(c1ccc(OC)cc1OC)S(C)(=O)=O. The lowest BCUT2D eigenvalue weighted by Gasteiger charge is -2.33. The maximum atomic E-state index is 13.8. The van der Waals surface area contributed by atoms with Gasteiger partial charge in [0.1, 0.15) is 24.1 Å². The fourth-order valence-corrected chi connectivity index (χ4v) is 5.08. The van der Waals surface area contributed by atoms with Crippen LogP contribution in [0.4, 0.5) is 5.69 Å². The van der Waals surface area contributed by atoms with Crippen molar-refractivity contribution in [3.05, 3.63) is 52.0 Å². The van der Waals surface area contributed by atoms with Crippen LogP contribution in [0.2, 0.25) is 10.0 Å². The van der Waals surface area contributed by atoms with Gasteiger partial charge in [-0.2, -0.15) is 0 Å². The zero-order chi connectivity index (χ0) is 28.6. The van der Waals surface area contributed by atoms with Gasteiger partial charge in [0, 0.05) is 29.2 Å². The largest absolute Gasteiger partial charge is 0.497 e. The Balaban J connectivity index is 2.53. The van der Waals surface area contributed by atoms with Gasteiger partial charge in [0.25, 0.3) is 0 Å². The molecule has 0 bridgehead atoms. The summed E-state index contributed by atoms with van der Waals surface area (Å²) in [7, 11) is -1.07. The lowest BCUT2D eigenvalue weighted by atomic mass is 10.1. The predicted molar refractivity (Wildman–Crippen MR) is 151 cm³/mol. The van der Waals surface area contributed by atoms with Gasteiger partial charge in [-0.3, -0.25) is 13.9 Å². The summed E-state index contributed by atoms with van der Waals surface area (Å²) < 4.78 is 37.3. The van der Waals surface area contributed by atoms with Crippen LogP contribution in [-0.4, -0.2) is 64.7 Å². The van der Waals surface area contributed by atoms with Gasteiger partial charge in [-0.15, -0.1) is 0 Å². The van der Waals surface area contributed by atoms with Crippen molar-refractivity contribution in [1.29, 1.82) is 0 Å². The highest BCUT2D eigenvalue weighted by Gasteiger charge is 2.33. The van der Waals surface area contributed by atoms with E-state index in [-0.39, 0.29) is 29.8 Å². The lowest BCUT2D eigenvalue weighted by molar-refractivity contribution is -0.140. The molecule has 2 amide bonds. The Kier molecular flexibility index (Phi) is 11.5. The van der Waals surface area contributed by atoms with Crippen molar-refractivity contribution in [3.8, 4) is 11.5 Å². The number of carbonyl (C=O) groups is 2. The molecule has 0 aliphatic heterocycles. The highest BCUT2D eigenvalue weighted by atomic mass is 35.5. The smallest absolute Gasteiger partial charge is 0.244 e. The summed E-state index contributed by atoms with van der Waals surface area (Å²) in [6, 6.07) is 8.58. The molecule has 1 N–H and O–H groups in total. The quantitative estimate of drug-likeness (QED) is 0.373. The molecule has 9 nitrogen and oxygen atoms in total. The van der Waals surface area contributed by atoms with Crippen LogP contribution in [-0.2, 0) is 26.2 Å². The number of hydrogen-bond donors (Lipinski definition) is 1. The van der Waals surface area contributed by atoms with Crippen LogP contribution in [0.5, 0.6) is 11.5 Å². The molecule has 2 aromatic rings. The van der Waals surface area contributed by atoms with Gasteiger partial charge in [-0.25, -0.2) is 8.42 Å². The number of ether oxygens (including phenoxy) is 2. The molecule has 210 valence electrons. The third-order valence-electron chi connectivity index (χ3n) is 5.76. The Bertz CT molecular complexity index is 1240. The molecule has 0 heterocycles. The Labute approximate surface area is 235 Å². The molecular weight excluding hydrogens is 553 g/mol. The van der Waals surface area contributed by atoms with Crippen molar-refractivity contribution in [2.24, 2.45) is 5.92 Å². The number of anilines is 1. The molecule has 1 atom stereocenters. The van der Waals surface area contributed by atoms with E-state index in [1.54, 1.807) is 31.2 Å². The van der Waals surface area contributed by atoms with E-state index in [1.807, 2.05) is 13.8 Å². The second-order valence-electron chi connectivity index (χ2n) is 9.13. The molecule has 12 heteroatoms. The molecule has 2 rings (SSSR count). The zero-order valence-corrected chi connectivity index (χ0v) is 24.8. The lowest BCUT2D eigenvalue weighted by Crippen LogP contribution is -2.52. The zero-order valence-electron chi connectivity index (χ0n) is 22.5. The van der Waals surface area contributed by atoms with Crippen LogP contribution in [0, 0.1) is 5.92 Å². The first-order valence-corrected chi connectivity index (χ1v) is 14.6. The van der Waals surface area contributed by atoms with Gasteiger partial charge in [0.15, 0.2) is 0 Å². The maximum Gasteiger partial charge on any atom is 0.244 e. The Morgan fingerprint density at radius 2 is 1.74 bits per heavy atom. The molecule has 0 aliphatic carbocycles. The van der Waals surface area contributed by atoms with E-state index in [0.29, 0.717) is 34.3 Å². The van der Waals surface area contributed by atoms with E-state index in [2.05, 4.69) is 5.32 Å². The third-order valence-corrected chi connectivity index (χ3v) is 7.47. The number of amides is 2. The summed E-state index contributed by atoms with van der Waals surface area (Å²) in [6.07, 6.45) is 1.29. The molecule has 0 saturated heterocycles. The van der Waals surface area contributed by atoms with Gasteiger partial charge < -0.3 is 19.7 Å². The molecule has 0 aliphatic rings. The number of nitrogens with one attached hydrogen (secondary N) is 1. The van der Waals surface area contributed by atoms with Gasteiger partial charge in [0.2, 0.25) is 21.8 Å². The highest BCUT2D eigenvalue weighted by Crippen LogP contribution is 2.34. The summed E-state index contributed by atoms with van der Waals surface area (Å²) in [5.74, 6) is -0.0677. The van der Waals surface area contributed by atoms with Gasteiger partial charge in [-0.05, 0) is 42.2 Å². The first-order valence-electron chi connectivity index (χ1n) is 12.0. The number of carbonyl (C=O) groups excluding carboxylic acids is 2. The molecule has 0 fully saturated rings. The summed E-state index contributed by atoms with van der Waals surface area (Å²) in [5.41, 5.74) is 0.721. The van der Waals surface area contributed by atoms with E-state index >= 15 is 0 Å². The minimum Gasteiger partial charge on any atom is -0.497 e. The first kappa shape index (κ1) is 31.5. The average Bonchev–Trinajstić information content (AvgIpc) is 2.85. The second-order valence-corrected chi connectivity index (χ2v) is 11.9. The summed E-state index contributed by atoms with van der Waals surface area (Å²) in [6.45, 7) is 5.54. The Morgan fingerprint density at radius 3 is 2.26 bits per heavy atom. The average molecular weight is 589 g/mol. The van der Waals surface area contributed by atoms with Crippen molar-refractivity contribution < 1.29 is 27.5 Å². The molecule has 0 aromatic heterocycles. The number of sulfonamides is 1. The van der Waals surface area contributed by atoms with E-state index in [4.69, 9.17) is 32.7 Å². The number of methoxy groups -OCH3 is 2. The number of benzene rings is 2. The van der Waals surface area contributed by atoms with Gasteiger partial charge in [-0.1, -0.05) is 50.0 Å². The molecule has 1 unspecified atom stereocenters. The third kappa shape index (κ3) is 8.41. The molecule has 0 saturated carbocycles. The predicted octanol–water partition coefficient (Wildman–Crippen LogP) is 4.36. The number of halogens is 2. The van der Waals surface area contributed by atoms with E-state index < -0.39 is 28.5 Å². The van der Waals surface area contributed by atoms with Crippen molar-refractivity contribution in [1.82, 2.24) is 10.2 Å². The Hall–Kier alpha value is -2.69. The van der Waals surface area contributed by atoms with Crippen LogP contribution in [0.3, 0.4) is 0 Å². The summed E-state index contributed by atoms with van der Waals surface area (Å²) in [4.78, 5) is 28.3. The van der Waals surface area contributed by atoms with Gasteiger partial charge in [0.05, 0.1) is 26.2 Å². The summed E-state index contributed by atoms with van der Waals surface area (Å²) in [5, 5.41) is 3.62. The van der Waals surface area contributed by atoms with Crippen LogP contribution >= 0.6 is 23.2 Å². The van der Waals surface area contributed by atoms with Crippen LogP contribution < -0.4 is 19.1 Å². The van der Waals surface area contributed by atoms with Crippen molar-refractivity contribution in [3.63, 3.8) is 0 Å². The van der Waals surface area contributed by atoms with Crippen molar-refractivity contribution in [2.75, 3.05) is 37.9 Å². The van der Waals surface area contributed by atoms with Gasteiger partial charge >= 0.3 is 0 Å². The number of hydrogen-bond acceptors (Lipinski definition) is 6. The van der Waals surface area contributed by atoms with E-state index in [1.165, 1.54) is 31.3 Å². The monoisotopic (exact) mass is 587 g/mol. The molecular formula is C26H35Cl2N3O6S. The topological polar surface area (TPSA) is 105 Å². The van der Waals surface area contributed by atoms with E-state index in [0.717, 1.165) is 10.6 Å². The number of rotatable bonds is 13. The minimum absolute atomic E-state index is 0.0280. The normalized spacial score (nSPS) is 12.1. The molecule has 0 radical (unpaired) electrons. The Morgan fingerprint density at radius 1 is 1.05 bits per heavy atom. The second kappa shape index (κ2) is 13.9. The number of nitrogens with zero attached hydrogens (tertiary/aromatic N) is 2. The summed E-state index contributed by atoms with van der Waals surface area (Å²) >= 11 is 12.4. The van der Waals surface area contributed by atoms with Crippen LogP contribution in [0.25, 0.3) is 0 Å². The first-order chi connectivity index (χ1) is 17.8. The molecule has 0 spiro atoms. The van der Waals surface area contributed by atoms with Crippen LogP contribution in [0.15, 0.2) is 36.4 Å². The fraction of sp³-hybridized carbons (Fsp3) is 0.462. The molecule has 2 aromatic carbocycles. The minimum atomic E-state index is -3.94. The van der Waals surface area contributed by atoms with E-state index in [9.17, 15) is 18.0 Å². The standard InChI is InChI=1S/C26H35Cl2N3O6S/c1-7-22(26(33)29-14-17(2)3)30(15-18-8-9-19(27)12-21(18)28)25(32)16-31(38(6,34)35)23-11-10-20(36-4)13-24(23)37-5/h8-13,17,22H,7,14-16H2,1-6H3,(H,29,33). The van der Waals surface area contributed by atoms with Crippen molar-refractivity contribution in [2.45, 2.75) is 39.8 Å². The fourth-order valence-electron chi connectivity index (χ4n) is 3.76. The molecule has 38 heavy (non-hydrogen) atoms. The van der Waals surface area contributed by atoms with Crippen LogP contribution in [0.1, 0.15) is 32.8 Å².